The van der Waals surface area contributed by atoms with Crippen LogP contribution in [0.25, 0.3) is 0 Å². The average Bonchev–Trinajstić information content (AvgIpc) is 3.12. The average molecular weight is 346 g/mol. The molecule has 1 fully saturated rings. The van der Waals surface area contributed by atoms with E-state index >= 15 is 0 Å². The lowest BCUT2D eigenvalue weighted by atomic mass is 10.0. The summed E-state index contributed by atoms with van der Waals surface area (Å²) in [4.78, 5) is 6.91. The number of benzene rings is 1. The highest BCUT2D eigenvalue weighted by Gasteiger charge is 2.20. The van der Waals surface area contributed by atoms with Gasteiger partial charge >= 0.3 is 0 Å². The van der Waals surface area contributed by atoms with Crippen LogP contribution in [0.2, 0.25) is 0 Å². The minimum atomic E-state index is 0.323. The molecular weight excluding hydrogens is 316 g/mol. The summed E-state index contributed by atoms with van der Waals surface area (Å²) in [6.07, 6.45) is 4.85. The van der Waals surface area contributed by atoms with E-state index in [4.69, 9.17) is 9.47 Å². The molecule has 2 aliphatic rings. The monoisotopic (exact) mass is 346 g/mol. The van der Waals surface area contributed by atoms with Crippen LogP contribution in [0.1, 0.15) is 31.7 Å². The van der Waals surface area contributed by atoms with Crippen LogP contribution < -0.4 is 20.1 Å². The van der Waals surface area contributed by atoms with Gasteiger partial charge < -0.3 is 20.1 Å². The highest BCUT2D eigenvalue weighted by atomic mass is 16.7. The predicted octanol–water partition coefficient (Wildman–Crippen LogP) is 2.00. The van der Waals surface area contributed by atoms with Gasteiger partial charge in [-0.3, -0.25) is 9.89 Å². The fraction of sp³-hybridized carbons (Fsp3) is 0.632. The summed E-state index contributed by atoms with van der Waals surface area (Å²) in [5.41, 5.74) is 1.23. The lowest BCUT2D eigenvalue weighted by Crippen LogP contribution is -2.49. The van der Waals surface area contributed by atoms with Crippen molar-refractivity contribution in [1.82, 2.24) is 15.5 Å². The number of fused-ring (bicyclic) bond motifs is 1. The summed E-state index contributed by atoms with van der Waals surface area (Å²) in [7, 11) is 1.83. The summed E-state index contributed by atoms with van der Waals surface area (Å²) in [5, 5.41) is 6.89. The fourth-order valence-electron chi connectivity index (χ4n) is 3.56. The zero-order valence-corrected chi connectivity index (χ0v) is 15.4. The topological polar surface area (TPSA) is 58.1 Å². The normalized spacial score (nSPS) is 20.6. The zero-order chi connectivity index (χ0) is 17.5. The third-order valence-corrected chi connectivity index (χ3v) is 5.03. The first kappa shape index (κ1) is 17.9. The number of nitrogens with zero attached hydrogens (tertiary/aromatic N) is 2. The van der Waals surface area contributed by atoms with Gasteiger partial charge in [0.25, 0.3) is 0 Å². The number of ether oxygens (including phenoxy) is 2. The first-order valence-corrected chi connectivity index (χ1v) is 9.37. The number of likely N-dealkylation sites (N-methyl/N-ethyl adjacent to an activating group) is 1. The quantitative estimate of drug-likeness (QED) is 0.609. The van der Waals surface area contributed by atoms with Crippen molar-refractivity contribution in [3.8, 4) is 11.5 Å². The van der Waals surface area contributed by atoms with E-state index < -0.39 is 0 Å². The number of hydrogen-bond acceptors (Lipinski definition) is 4. The molecule has 6 heteroatoms. The number of hydrogen-bond donors (Lipinski definition) is 2. The molecule has 2 aliphatic heterocycles. The van der Waals surface area contributed by atoms with E-state index in [1.807, 2.05) is 13.1 Å². The van der Waals surface area contributed by atoms with Crippen molar-refractivity contribution >= 4 is 5.96 Å². The number of aliphatic imine (C=N–C) groups is 1. The minimum absolute atomic E-state index is 0.323. The lowest BCUT2D eigenvalue weighted by Gasteiger charge is -2.35. The van der Waals surface area contributed by atoms with Gasteiger partial charge in [-0.1, -0.05) is 19.4 Å². The lowest BCUT2D eigenvalue weighted by molar-refractivity contribution is 0.157. The van der Waals surface area contributed by atoms with E-state index in [2.05, 4.69) is 39.6 Å². The third kappa shape index (κ3) is 4.78. The van der Waals surface area contributed by atoms with Crippen LogP contribution in [0, 0.1) is 0 Å². The maximum absolute atomic E-state index is 5.43. The molecule has 1 aromatic rings. The van der Waals surface area contributed by atoms with Crippen LogP contribution in [0.3, 0.4) is 0 Å². The predicted molar refractivity (Wildman–Crippen MR) is 101 cm³/mol. The van der Waals surface area contributed by atoms with E-state index in [-0.39, 0.29) is 0 Å². The molecule has 1 saturated heterocycles. The molecule has 0 radical (unpaired) electrons. The molecule has 3 rings (SSSR count). The smallest absolute Gasteiger partial charge is 0.231 e. The molecule has 0 saturated carbocycles. The van der Waals surface area contributed by atoms with Gasteiger partial charge in [0.1, 0.15) is 0 Å². The van der Waals surface area contributed by atoms with E-state index in [1.165, 1.54) is 31.4 Å². The summed E-state index contributed by atoms with van der Waals surface area (Å²) in [5.74, 6) is 2.56. The first-order chi connectivity index (χ1) is 12.3. The van der Waals surface area contributed by atoms with E-state index in [9.17, 15) is 0 Å². The summed E-state index contributed by atoms with van der Waals surface area (Å²) < 4.78 is 10.8. The van der Waals surface area contributed by atoms with Crippen LogP contribution in [-0.4, -0.2) is 56.9 Å². The number of piperidine rings is 1. The van der Waals surface area contributed by atoms with Gasteiger partial charge in [-0.05, 0) is 50.0 Å². The second-order valence-corrected chi connectivity index (χ2v) is 6.60. The standard InChI is InChI=1S/C19H30N4O2/c1-3-23-11-5-4-6-16(23)13-22-19(20-2)21-10-9-15-7-8-17-18(12-15)25-14-24-17/h7-8,12,16H,3-6,9-11,13-14H2,1-2H3,(H2,20,21,22). The molecule has 1 atom stereocenters. The van der Waals surface area contributed by atoms with Gasteiger partial charge in [0.05, 0.1) is 0 Å². The van der Waals surface area contributed by atoms with Crippen molar-refractivity contribution < 1.29 is 9.47 Å². The van der Waals surface area contributed by atoms with E-state index in [0.29, 0.717) is 12.8 Å². The molecule has 25 heavy (non-hydrogen) atoms. The summed E-state index contributed by atoms with van der Waals surface area (Å²) in [6, 6.07) is 6.74. The van der Waals surface area contributed by atoms with Gasteiger partial charge in [0.2, 0.25) is 6.79 Å². The van der Waals surface area contributed by atoms with Crippen molar-refractivity contribution in [3.63, 3.8) is 0 Å². The molecule has 6 nitrogen and oxygen atoms in total. The first-order valence-electron chi connectivity index (χ1n) is 9.37. The molecule has 1 unspecified atom stereocenters. The molecule has 0 amide bonds. The second kappa shape index (κ2) is 8.94. The van der Waals surface area contributed by atoms with Gasteiger partial charge in [-0.15, -0.1) is 0 Å². The van der Waals surface area contributed by atoms with E-state index in [0.717, 1.165) is 43.5 Å². The molecule has 0 aromatic heterocycles. The molecule has 0 spiro atoms. The minimum Gasteiger partial charge on any atom is -0.454 e. The van der Waals surface area contributed by atoms with Gasteiger partial charge in [0.15, 0.2) is 17.5 Å². The Labute approximate surface area is 150 Å². The Morgan fingerprint density at radius 1 is 1.24 bits per heavy atom. The number of rotatable bonds is 6. The molecule has 0 bridgehead atoms. The highest BCUT2D eigenvalue weighted by Crippen LogP contribution is 2.32. The largest absolute Gasteiger partial charge is 0.454 e. The summed E-state index contributed by atoms with van der Waals surface area (Å²) in [6.45, 7) is 6.71. The Hall–Kier alpha value is -1.95. The summed E-state index contributed by atoms with van der Waals surface area (Å²) >= 11 is 0. The Morgan fingerprint density at radius 3 is 2.96 bits per heavy atom. The van der Waals surface area contributed by atoms with Crippen molar-refractivity contribution in [2.75, 3.05) is 40.0 Å². The van der Waals surface area contributed by atoms with Gasteiger partial charge in [0, 0.05) is 26.2 Å². The van der Waals surface area contributed by atoms with Crippen molar-refractivity contribution in [2.24, 2.45) is 4.99 Å². The van der Waals surface area contributed by atoms with Crippen LogP contribution in [-0.2, 0) is 6.42 Å². The van der Waals surface area contributed by atoms with Crippen molar-refractivity contribution in [3.05, 3.63) is 23.8 Å². The van der Waals surface area contributed by atoms with Crippen molar-refractivity contribution in [2.45, 2.75) is 38.6 Å². The molecule has 138 valence electrons. The van der Waals surface area contributed by atoms with Crippen LogP contribution >= 0.6 is 0 Å². The molecule has 2 heterocycles. The highest BCUT2D eigenvalue weighted by molar-refractivity contribution is 5.79. The second-order valence-electron chi connectivity index (χ2n) is 6.60. The Balaban J connectivity index is 1.42. The van der Waals surface area contributed by atoms with Gasteiger partial charge in [-0.2, -0.15) is 0 Å². The Morgan fingerprint density at radius 2 is 2.12 bits per heavy atom. The molecular formula is C19H30N4O2. The maximum atomic E-state index is 5.43. The number of nitrogens with one attached hydrogen (secondary N) is 2. The Bertz CT molecular complexity index is 591. The SMILES string of the molecule is CCN1CCCCC1CNC(=NC)NCCc1ccc2c(c1)OCO2. The van der Waals surface area contributed by atoms with Crippen LogP contribution in [0.4, 0.5) is 0 Å². The van der Waals surface area contributed by atoms with Crippen LogP contribution in [0.15, 0.2) is 23.2 Å². The molecule has 0 aliphatic carbocycles. The van der Waals surface area contributed by atoms with Crippen molar-refractivity contribution in [1.29, 1.82) is 0 Å². The molecule has 1 aromatic carbocycles. The number of guanidine groups is 1. The Kier molecular flexibility index (Phi) is 6.39. The van der Waals surface area contributed by atoms with Gasteiger partial charge in [-0.25, -0.2) is 0 Å². The molecule has 2 N–H and O–H groups in total. The maximum Gasteiger partial charge on any atom is 0.231 e. The third-order valence-electron chi connectivity index (χ3n) is 5.03. The van der Waals surface area contributed by atoms with E-state index in [1.54, 1.807) is 0 Å². The number of likely N-dealkylation sites (tertiary alicyclic amines) is 1. The zero-order valence-electron chi connectivity index (χ0n) is 15.4. The fourth-order valence-corrected chi connectivity index (χ4v) is 3.56. The van der Waals surface area contributed by atoms with Crippen LogP contribution in [0.5, 0.6) is 11.5 Å².